The molecule has 22 heavy (non-hydrogen) atoms. The molecule has 0 aliphatic heterocycles. The largest absolute Gasteiger partial charge is 0.490 e. The van der Waals surface area contributed by atoms with Crippen molar-refractivity contribution in [3.8, 4) is 5.75 Å². The van der Waals surface area contributed by atoms with Gasteiger partial charge in [-0.25, -0.2) is 0 Å². The van der Waals surface area contributed by atoms with Gasteiger partial charge in [0.05, 0.1) is 11.7 Å². The smallest absolute Gasteiger partial charge is 0.255 e. The molecule has 1 aliphatic carbocycles. The average molecular weight is 347 g/mol. The molecule has 1 fully saturated rings. The molecule has 1 aromatic carbocycles. The van der Waals surface area contributed by atoms with Crippen molar-refractivity contribution in [1.82, 2.24) is 5.32 Å². The fourth-order valence-electron chi connectivity index (χ4n) is 2.48. The minimum atomic E-state index is -0.161. The lowest BCUT2D eigenvalue weighted by molar-refractivity contribution is 0.0945. The first-order valence-electron chi connectivity index (χ1n) is 7.56. The van der Waals surface area contributed by atoms with E-state index < -0.39 is 0 Å². The lowest BCUT2D eigenvalue weighted by Crippen LogP contribution is -2.29. The Kier molecular flexibility index (Phi) is 8.01. The van der Waals surface area contributed by atoms with Crippen LogP contribution in [0.1, 0.15) is 49.4 Å². The molecule has 1 aliphatic rings. The van der Waals surface area contributed by atoms with Gasteiger partial charge in [0.2, 0.25) is 0 Å². The van der Waals surface area contributed by atoms with E-state index in [0.717, 1.165) is 19.3 Å². The Morgan fingerprint density at radius 3 is 2.77 bits per heavy atom. The summed E-state index contributed by atoms with van der Waals surface area (Å²) in [5.74, 6) is 0.454. The Morgan fingerprint density at radius 1 is 1.45 bits per heavy atom. The summed E-state index contributed by atoms with van der Waals surface area (Å²) >= 11 is 6.01. The second-order valence-electron chi connectivity index (χ2n) is 5.69. The zero-order valence-corrected chi connectivity index (χ0v) is 14.4. The minimum Gasteiger partial charge on any atom is -0.490 e. The number of hydrogen-bond acceptors (Lipinski definition) is 3. The van der Waals surface area contributed by atoms with E-state index >= 15 is 0 Å². The van der Waals surface area contributed by atoms with Crippen molar-refractivity contribution in [1.29, 1.82) is 0 Å². The van der Waals surface area contributed by atoms with Gasteiger partial charge in [0.15, 0.2) is 0 Å². The van der Waals surface area contributed by atoms with Crippen LogP contribution in [0, 0.1) is 0 Å². The molecule has 6 heteroatoms. The summed E-state index contributed by atoms with van der Waals surface area (Å²) in [5, 5.41) is 3.40. The molecule has 4 nitrogen and oxygen atoms in total. The van der Waals surface area contributed by atoms with Crippen molar-refractivity contribution in [2.75, 3.05) is 6.54 Å². The number of benzene rings is 1. The van der Waals surface area contributed by atoms with Gasteiger partial charge in [-0.05, 0) is 57.2 Å². The second-order valence-corrected chi connectivity index (χ2v) is 6.12. The predicted octanol–water partition coefficient (Wildman–Crippen LogP) is 3.55. The van der Waals surface area contributed by atoms with Crippen LogP contribution in [0.2, 0.25) is 5.02 Å². The number of hydrogen-bond donors (Lipinski definition) is 2. The van der Waals surface area contributed by atoms with Gasteiger partial charge in [0.1, 0.15) is 5.75 Å². The molecule has 1 aromatic rings. The standard InChI is InChI=1S/C16H23ClN2O2.ClH/c1-11(18)8-9-19-16(20)14-10-12(17)6-7-15(14)21-13-4-2-3-5-13;/h6-7,10-11,13H,2-5,8-9,18H2,1H3,(H,19,20);1H. The molecule has 1 saturated carbocycles. The molecule has 0 bridgehead atoms. The van der Waals surface area contributed by atoms with Gasteiger partial charge < -0.3 is 15.8 Å². The maximum absolute atomic E-state index is 12.3. The lowest BCUT2D eigenvalue weighted by atomic mass is 10.1. The molecule has 0 aromatic heterocycles. The number of halogens is 2. The van der Waals surface area contributed by atoms with Crippen LogP contribution >= 0.6 is 24.0 Å². The molecule has 0 heterocycles. The van der Waals surface area contributed by atoms with Crippen LogP contribution in [-0.4, -0.2) is 24.6 Å². The number of nitrogens with two attached hydrogens (primary N) is 1. The maximum atomic E-state index is 12.3. The van der Waals surface area contributed by atoms with Gasteiger partial charge in [-0.3, -0.25) is 4.79 Å². The summed E-state index contributed by atoms with van der Waals surface area (Å²) in [7, 11) is 0. The van der Waals surface area contributed by atoms with E-state index in [2.05, 4.69) is 5.32 Å². The van der Waals surface area contributed by atoms with E-state index in [9.17, 15) is 4.79 Å². The summed E-state index contributed by atoms with van der Waals surface area (Å²) in [6.45, 7) is 2.46. The number of rotatable bonds is 6. The molecule has 3 N–H and O–H groups in total. The molecule has 1 unspecified atom stereocenters. The summed E-state index contributed by atoms with van der Waals surface area (Å²) in [6.07, 6.45) is 5.43. The highest BCUT2D eigenvalue weighted by atomic mass is 35.5. The highest BCUT2D eigenvalue weighted by Gasteiger charge is 2.20. The summed E-state index contributed by atoms with van der Waals surface area (Å²) in [4.78, 5) is 12.3. The van der Waals surface area contributed by atoms with Gasteiger partial charge >= 0.3 is 0 Å². The zero-order valence-electron chi connectivity index (χ0n) is 12.8. The van der Waals surface area contributed by atoms with Crippen molar-refractivity contribution in [3.63, 3.8) is 0 Å². The van der Waals surface area contributed by atoms with Gasteiger partial charge in [0.25, 0.3) is 5.91 Å². The van der Waals surface area contributed by atoms with Crippen LogP contribution in [0.15, 0.2) is 18.2 Å². The first-order valence-corrected chi connectivity index (χ1v) is 7.94. The average Bonchev–Trinajstić information content (AvgIpc) is 2.93. The summed E-state index contributed by atoms with van der Waals surface area (Å²) in [6, 6.07) is 5.26. The van der Waals surface area contributed by atoms with E-state index in [-0.39, 0.29) is 30.5 Å². The van der Waals surface area contributed by atoms with Crippen molar-refractivity contribution >= 4 is 29.9 Å². The van der Waals surface area contributed by atoms with Crippen LogP contribution in [0.5, 0.6) is 5.75 Å². The van der Waals surface area contributed by atoms with E-state index in [1.54, 1.807) is 18.2 Å². The Hall–Kier alpha value is -0.970. The zero-order chi connectivity index (χ0) is 15.2. The number of ether oxygens (including phenoxy) is 1. The van der Waals surface area contributed by atoms with E-state index in [4.69, 9.17) is 22.1 Å². The van der Waals surface area contributed by atoms with Crippen molar-refractivity contribution in [3.05, 3.63) is 28.8 Å². The molecule has 0 saturated heterocycles. The molecule has 1 atom stereocenters. The van der Waals surface area contributed by atoms with Crippen molar-refractivity contribution in [2.45, 2.75) is 51.2 Å². The first-order chi connectivity index (χ1) is 10.1. The normalized spacial score (nSPS) is 16.0. The van der Waals surface area contributed by atoms with Crippen LogP contribution in [0.4, 0.5) is 0 Å². The minimum absolute atomic E-state index is 0. The Bertz CT molecular complexity index is 489. The molecule has 2 rings (SSSR count). The van der Waals surface area contributed by atoms with Crippen LogP contribution in [0.3, 0.4) is 0 Å². The first kappa shape index (κ1) is 19.1. The van der Waals surface area contributed by atoms with Crippen molar-refractivity contribution in [2.24, 2.45) is 5.73 Å². The van der Waals surface area contributed by atoms with E-state index in [1.165, 1.54) is 12.8 Å². The highest BCUT2D eigenvalue weighted by molar-refractivity contribution is 6.31. The highest BCUT2D eigenvalue weighted by Crippen LogP contribution is 2.28. The molecule has 124 valence electrons. The lowest BCUT2D eigenvalue weighted by Gasteiger charge is -2.17. The summed E-state index contributed by atoms with van der Waals surface area (Å²) < 4.78 is 5.97. The molecular weight excluding hydrogens is 323 g/mol. The predicted molar refractivity (Wildman–Crippen MR) is 92.2 cm³/mol. The van der Waals surface area contributed by atoms with Gasteiger partial charge in [-0.15, -0.1) is 12.4 Å². The molecular formula is C16H24Cl2N2O2. The third-order valence-electron chi connectivity index (χ3n) is 3.67. The monoisotopic (exact) mass is 346 g/mol. The Labute approximate surface area is 143 Å². The number of carbonyl (C=O) groups is 1. The number of nitrogens with one attached hydrogen (secondary N) is 1. The van der Waals surface area contributed by atoms with Crippen LogP contribution in [-0.2, 0) is 0 Å². The third-order valence-corrected chi connectivity index (χ3v) is 3.90. The van der Waals surface area contributed by atoms with E-state index in [0.29, 0.717) is 22.9 Å². The second kappa shape index (κ2) is 9.23. The third kappa shape index (κ3) is 5.67. The Balaban J connectivity index is 0.00000242. The van der Waals surface area contributed by atoms with Crippen LogP contribution < -0.4 is 15.8 Å². The molecule has 1 amide bonds. The molecule has 0 radical (unpaired) electrons. The van der Waals surface area contributed by atoms with Gasteiger partial charge in [0, 0.05) is 17.6 Å². The quantitative estimate of drug-likeness (QED) is 0.827. The SMILES string of the molecule is CC(N)CCNC(=O)c1cc(Cl)ccc1OC1CCCC1.Cl. The number of amides is 1. The fourth-order valence-corrected chi connectivity index (χ4v) is 2.65. The van der Waals surface area contributed by atoms with Gasteiger partial charge in [-0.1, -0.05) is 11.6 Å². The van der Waals surface area contributed by atoms with Crippen molar-refractivity contribution < 1.29 is 9.53 Å². The molecule has 0 spiro atoms. The van der Waals surface area contributed by atoms with Crippen LogP contribution in [0.25, 0.3) is 0 Å². The Morgan fingerprint density at radius 2 is 2.14 bits per heavy atom. The fraction of sp³-hybridized carbons (Fsp3) is 0.562. The maximum Gasteiger partial charge on any atom is 0.255 e. The number of carbonyl (C=O) groups excluding carboxylic acids is 1. The topological polar surface area (TPSA) is 64.3 Å². The summed E-state index contributed by atoms with van der Waals surface area (Å²) in [5.41, 5.74) is 6.18. The van der Waals surface area contributed by atoms with Gasteiger partial charge in [-0.2, -0.15) is 0 Å². The van der Waals surface area contributed by atoms with E-state index in [1.807, 2.05) is 6.92 Å².